The molecule has 0 spiro atoms. The molecule has 0 bridgehead atoms. The van der Waals surface area contributed by atoms with Gasteiger partial charge in [0.2, 0.25) is 0 Å². The summed E-state index contributed by atoms with van der Waals surface area (Å²) in [6.45, 7) is 2.05. The monoisotopic (exact) mass is 94.1 g/mol. The minimum Gasteiger partial charge on any atom is -0.105 e. The maximum atomic E-state index is 3.94. The third-order valence-corrected chi connectivity index (χ3v) is 0.929. The summed E-state index contributed by atoms with van der Waals surface area (Å²) in [4.78, 5) is 0. The van der Waals surface area contributed by atoms with E-state index in [4.69, 9.17) is 0 Å². The van der Waals surface area contributed by atoms with Gasteiger partial charge in [0.25, 0.3) is 12.4 Å². The summed E-state index contributed by atoms with van der Waals surface area (Å²) < 4.78 is 3.94. The summed E-state index contributed by atoms with van der Waals surface area (Å²) in [6, 6.07) is 0. The van der Waals surface area contributed by atoms with Crippen LogP contribution in [0.5, 0.6) is 0 Å². The van der Waals surface area contributed by atoms with E-state index < -0.39 is 0 Å². The zero-order chi connectivity index (χ0) is 5.11. The first kappa shape index (κ1) is 4.35. The van der Waals surface area contributed by atoms with E-state index in [1.54, 1.807) is 0 Å². The van der Waals surface area contributed by atoms with E-state index >= 15 is 0 Å². The van der Waals surface area contributed by atoms with Crippen molar-refractivity contribution in [1.29, 1.82) is 0 Å². The molecule has 1 heterocycles. The summed E-state index contributed by atoms with van der Waals surface area (Å²) in [5, 5.41) is 0. The van der Waals surface area contributed by atoms with Crippen molar-refractivity contribution in [3.8, 4) is 0 Å². The van der Waals surface area contributed by atoms with E-state index in [-0.39, 0.29) is 0 Å². The first-order valence-corrected chi connectivity index (χ1v) is 2.41. The molecule has 0 aliphatic carbocycles. The third kappa shape index (κ3) is 1.02. The Hall–Kier alpha value is -0.810. The van der Waals surface area contributed by atoms with Crippen LogP contribution in [0.4, 0.5) is 0 Å². The third-order valence-electron chi connectivity index (χ3n) is 0.929. The normalized spacial score (nSPS) is 17.0. The molecule has 1 heteroatoms. The minimum absolute atomic E-state index is 1.00. The predicted octanol–water partition coefficient (Wildman–Crippen LogP) is 0.545. The highest BCUT2D eigenvalue weighted by Gasteiger charge is 1.93. The fourth-order valence-corrected chi connectivity index (χ4v) is 0.522. The lowest BCUT2D eigenvalue weighted by Crippen LogP contribution is -1.90. The van der Waals surface area contributed by atoms with Crippen molar-refractivity contribution in [2.75, 3.05) is 0 Å². The lowest BCUT2D eigenvalue weighted by molar-refractivity contribution is 1.39. The van der Waals surface area contributed by atoms with Gasteiger partial charge in [0.05, 0.1) is 6.42 Å². The molecule has 0 fully saturated rings. The molecule has 0 aromatic carbocycles. The lowest BCUT2D eigenvalue weighted by atomic mass is 10.2. The maximum absolute atomic E-state index is 3.94. The van der Waals surface area contributed by atoms with Gasteiger partial charge in [-0.05, 0) is 6.92 Å². The Bertz CT molecular complexity index is 148. The average Bonchev–Trinajstić information content (AvgIpc) is 1.69. The fourth-order valence-electron chi connectivity index (χ4n) is 0.522. The number of rotatable bonds is 0. The van der Waals surface area contributed by atoms with Gasteiger partial charge < -0.3 is 0 Å². The second-order valence-corrected chi connectivity index (χ2v) is 1.64. The standard InChI is InChI=1S/C6H8N/c1-6-3-2-4-7-5-6/h3-5H,2H2,1H3/q+1. The van der Waals surface area contributed by atoms with E-state index in [2.05, 4.69) is 17.7 Å². The van der Waals surface area contributed by atoms with Crippen LogP contribution in [0, 0.1) is 0 Å². The quantitative estimate of drug-likeness (QED) is 0.389. The first-order chi connectivity index (χ1) is 3.39. The second-order valence-electron chi connectivity index (χ2n) is 1.64. The molecule has 0 unspecified atom stereocenters. The van der Waals surface area contributed by atoms with E-state index in [1.807, 2.05) is 12.4 Å². The number of nitrogens with zero attached hydrogens (tertiary/aromatic N) is 1. The van der Waals surface area contributed by atoms with Crippen molar-refractivity contribution < 1.29 is 0 Å². The van der Waals surface area contributed by atoms with Gasteiger partial charge in [-0.3, -0.25) is 0 Å². The van der Waals surface area contributed by atoms with Crippen LogP contribution in [0.2, 0.25) is 0 Å². The van der Waals surface area contributed by atoms with Crippen molar-refractivity contribution in [2.45, 2.75) is 13.3 Å². The van der Waals surface area contributed by atoms with Crippen LogP contribution in [0.25, 0.3) is 0 Å². The van der Waals surface area contributed by atoms with Gasteiger partial charge in [-0.1, -0.05) is 6.08 Å². The van der Waals surface area contributed by atoms with Gasteiger partial charge >= 0.3 is 0 Å². The van der Waals surface area contributed by atoms with E-state index in [0.29, 0.717) is 0 Å². The topological polar surface area (TPSA) is 14.1 Å². The summed E-state index contributed by atoms with van der Waals surface area (Å²) in [7, 11) is 0. The highest BCUT2D eigenvalue weighted by atomic mass is 14.5. The van der Waals surface area contributed by atoms with Gasteiger partial charge in [-0.15, -0.1) is 4.67 Å². The maximum Gasteiger partial charge on any atom is 0.294 e. The van der Waals surface area contributed by atoms with Crippen LogP contribution in [0.15, 0.2) is 11.6 Å². The zero-order valence-electron chi connectivity index (χ0n) is 4.39. The molecule has 1 aliphatic heterocycles. The summed E-state index contributed by atoms with van der Waals surface area (Å²) in [5.41, 5.74) is 1.27. The summed E-state index contributed by atoms with van der Waals surface area (Å²) in [5.74, 6) is 0. The molecule has 0 aromatic heterocycles. The Morgan fingerprint density at radius 2 is 2.57 bits per heavy atom. The van der Waals surface area contributed by atoms with E-state index in [9.17, 15) is 0 Å². The molecular weight excluding hydrogens is 86.1 g/mol. The molecule has 0 radical (unpaired) electrons. The Kier molecular flexibility index (Phi) is 1.10. The highest BCUT2D eigenvalue weighted by molar-refractivity contribution is 5.83. The lowest BCUT2D eigenvalue weighted by Gasteiger charge is -1.79. The molecule has 1 aliphatic rings. The Balaban J connectivity index is 2.82. The van der Waals surface area contributed by atoms with Crippen molar-refractivity contribution in [3.05, 3.63) is 11.6 Å². The molecular formula is C6H8N+. The number of allylic oxidation sites excluding steroid dienone is 2. The molecule has 0 amide bonds. The van der Waals surface area contributed by atoms with Gasteiger partial charge in [-0.25, -0.2) is 0 Å². The van der Waals surface area contributed by atoms with Crippen LogP contribution in [-0.4, -0.2) is 12.4 Å². The SMILES string of the molecule is CC1=CCC=[N+]=C1. The van der Waals surface area contributed by atoms with Crippen molar-refractivity contribution in [2.24, 2.45) is 0 Å². The van der Waals surface area contributed by atoms with Crippen LogP contribution < -0.4 is 4.67 Å². The molecule has 36 valence electrons. The Morgan fingerprint density at radius 3 is 2.86 bits per heavy atom. The summed E-state index contributed by atoms with van der Waals surface area (Å²) in [6.07, 6.45) is 6.91. The second kappa shape index (κ2) is 1.76. The number of hydrogen-bond donors (Lipinski definition) is 0. The first-order valence-electron chi connectivity index (χ1n) is 2.41. The molecule has 0 atom stereocenters. The summed E-state index contributed by atoms with van der Waals surface area (Å²) >= 11 is 0. The van der Waals surface area contributed by atoms with Crippen molar-refractivity contribution in [3.63, 3.8) is 0 Å². The van der Waals surface area contributed by atoms with Crippen molar-refractivity contribution in [1.82, 2.24) is 4.67 Å². The van der Waals surface area contributed by atoms with Crippen molar-refractivity contribution >= 4 is 12.4 Å². The average molecular weight is 94.1 g/mol. The molecule has 0 saturated carbocycles. The smallest absolute Gasteiger partial charge is 0.105 e. The molecule has 0 N–H and O–H groups in total. The van der Waals surface area contributed by atoms with Crippen LogP contribution in [0.1, 0.15) is 13.3 Å². The molecule has 0 aromatic rings. The van der Waals surface area contributed by atoms with Gasteiger partial charge in [0, 0.05) is 5.57 Å². The van der Waals surface area contributed by atoms with Crippen LogP contribution in [0.3, 0.4) is 0 Å². The largest absolute Gasteiger partial charge is 0.294 e. The number of hydrogen-bond acceptors (Lipinski definition) is 0. The molecule has 1 nitrogen and oxygen atoms in total. The van der Waals surface area contributed by atoms with Gasteiger partial charge in [-0.2, -0.15) is 0 Å². The van der Waals surface area contributed by atoms with Gasteiger partial charge in [0.15, 0.2) is 0 Å². The zero-order valence-corrected chi connectivity index (χ0v) is 4.39. The van der Waals surface area contributed by atoms with E-state index in [1.165, 1.54) is 5.57 Å². The van der Waals surface area contributed by atoms with Crippen LogP contribution in [-0.2, 0) is 0 Å². The Labute approximate surface area is 43.1 Å². The predicted molar refractivity (Wildman–Crippen MR) is 32.6 cm³/mol. The van der Waals surface area contributed by atoms with E-state index in [0.717, 1.165) is 6.42 Å². The highest BCUT2D eigenvalue weighted by Crippen LogP contribution is 1.88. The van der Waals surface area contributed by atoms with Crippen LogP contribution >= 0.6 is 0 Å². The molecule has 1 rings (SSSR count). The fraction of sp³-hybridized carbons (Fsp3) is 0.333. The minimum atomic E-state index is 1.00. The van der Waals surface area contributed by atoms with Gasteiger partial charge in [0.1, 0.15) is 0 Å². The Morgan fingerprint density at radius 1 is 1.71 bits per heavy atom. The molecule has 7 heavy (non-hydrogen) atoms. The molecule has 0 saturated heterocycles.